The highest BCUT2D eigenvalue weighted by molar-refractivity contribution is 7.12. The topological polar surface area (TPSA) is 114 Å². The number of imidazole rings is 1. The second kappa shape index (κ2) is 6.45. The van der Waals surface area contributed by atoms with Crippen LogP contribution in [0.15, 0.2) is 46.5 Å². The summed E-state index contributed by atoms with van der Waals surface area (Å²) < 4.78 is 7.76. The lowest BCUT2D eigenvalue weighted by Gasteiger charge is -2.39. The number of hydrogen-bond donors (Lipinski definition) is 0. The first-order chi connectivity index (χ1) is 16.1. The molecule has 1 atom stereocenters. The van der Waals surface area contributed by atoms with Crippen molar-refractivity contribution in [3.8, 4) is 17.3 Å². The third kappa shape index (κ3) is 2.42. The molecule has 3 aliphatic rings. The van der Waals surface area contributed by atoms with E-state index in [2.05, 4.69) is 15.2 Å². The number of amides is 3. The van der Waals surface area contributed by atoms with Crippen LogP contribution in [0.2, 0.25) is 0 Å². The summed E-state index contributed by atoms with van der Waals surface area (Å²) in [5.74, 6) is -0.441. The van der Waals surface area contributed by atoms with Gasteiger partial charge in [-0.1, -0.05) is 12.1 Å². The summed E-state index contributed by atoms with van der Waals surface area (Å²) in [4.78, 5) is 46.3. The zero-order valence-electron chi connectivity index (χ0n) is 17.0. The Hall–Kier alpha value is -4.12. The molecule has 3 aliphatic heterocycles. The molecule has 3 aromatic heterocycles. The number of carbonyl (C=O) groups is 3. The van der Waals surface area contributed by atoms with Crippen LogP contribution in [0.25, 0.3) is 17.3 Å². The van der Waals surface area contributed by atoms with E-state index in [0.29, 0.717) is 28.2 Å². The molecule has 1 saturated heterocycles. The third-order valence-electron chi connectivity index (χ3n) is 6.34. The molecule has 7 rings (SSSR count). The molecule has 3 amide bonds. The molecule has 0 bridgehead atoms. The van der Waals surface area contributed by atoms with Crippen LogP contribution in [0.4, 0.5) is 0 Å². The van der Waals surface area contributed by atoms with E-state index in [0.717, 1.165) is 22.7 Å². The van der Waals surface area contributed by atoms with Crippen LogP contribution in [0.3, 0.4) is 0 Å². The van der Waals surface area contributed by atoms with Crippen LogP contribution in [-0.4, -0.2) is 53.8 Å². The highest BCUT2D eigenvalue weighted by Crippen LogP contribution is 2.44. The van der Waals surface area contributed by atoms with Crippen LogP contribution < -0.4 is 0 Å². The first-order valence-electron chi connectivity index (χ1n) is 10.4. The lowest BCUT2D eigenvalue weighted by atomic mass is 9.98. The maximum atomic E-state index is 12.9. The number of carbonyl (C=O) groups excluding carboxylic acids is 3. The van der Waals surface area contributed by atoms with Gasteiger partial charge in [-0.25, -0.2) is 4.98 Å². The SMILES string of the molecule is O=C1c2ccccc2C(=O)N1Cc1nnc(-c2ncn3c2[C@@H]2CCN2C(=O)c2sccc2-3)o1. The normalized spacial score (nSPS) is 18.5. The zero-order chi connectivity index (χ0) is 22.3. The first-order valence-corrected chi connectivity index (χ1v) is 11.2. The Bertz CT molecular complexity index is 1460. The summed E-state index contributed by atoms with van der Waals surface area (Å²) in [7, 11) is 0. The molecule has 0 aliphatic carbocycles. The van der Waals surface area contributed by atoms with Gasteiger partial charge in [0.15, 0.2) is 5.69 Å². The van der Waals surface area contributed by atoms with Gasteiger partial charge in [0.25, 0.3) is 23.6 Å². The van der Waals surface area contributed by atoms with Crippen molar-refractivity contribution in [3.05, 3.63) is 69.6 Å². The number of benzene rings is 1. The standard InChI is InChI=1S/C22H14N6O4S/c29-20-11-3-1-2-4-12(11)21(30)27(20)9-15-24-25-19(32-15)16-17-13-5-7-26(13)22(31)18-14(6-8-33-18)28(17)10-23-16/h1-4,6,8,10,13H,5,7,9H2/t13-/m0/s1. The highest BCUT2D eigenvalue weighted by atomic mass is 32.1. The summed E-state index contributed by atoms with van der Waals surface area (Å²) >= 11 is 1.41. The first kappa shape index (κ1) is 18.5. The summed E-state index contributed by atoms with van der Waals surface area (Å²) in [5.41, 5.74) is 2.84. The lowest BCUT2D eigenvalue weighted by Crippen LogP contribution is -2.44. The monoisotopic (exact) mass is 458 g/mol. The van der Waals surface area contributed by atoms with E-state index in [4.69, 9.17) is 4.42 Å². The fraction of sp³-hybridized carbons (Fsp3) is 0.182. The molecule has 0 radical (unpaired) electrons. The van der Waals surface area contributed by atoms with Gasteiger partial charge in [0, 0.05) is 6.54 Å². The summed E-state index contributed by atoms with van der Waals surface area (Å²) in [5, 5.41) is 10.1. The van der Waals surface area contributed by atoms with E-state index in [1.54, 1.807) is 30.6 Å². The van der Waals surface area contributed by atoms with Gasteiger partial charge < -0.3 is 9.32 Å². The Kier molecular flexibility index (Phi) is 3.61. The average molecular weight is 458 g/mol. The second-order valence-corrected chi connectivity index (χ2v) is 8.95. The summed E-state index contributed by atoms with van der Waals surface area (Å²) in [6.07, 6.45) is 2.48. The van der Waals surface area contributed by atoms with E-state index in [-0.39, 0.29) is 42.1 Å². The molecule has 0 saturated carbocycles. The minimum absolute atomic E-state index is 0.0164. The Morgan fingerprint density at radius 2 is 1.82 bits per heavy atom. The van der Waals surface area contributed by atoms with Gasteiger partial charge in [-0.2, -0.15) is 0 Å². The van der Waals surface area contributed by atoms with Gasteiger partial charge in [0.1, 0.15) is 17.7 Å². The summed E-state index contributed by atoms with van der Waals surface area (Å²) in [6.45, 7) is 0.554. The fourth-order valence-electron chi connectivity index (χ4n) is 4.66. The van der Waals surface area contributed by atoms with Crippen LogP contribution >= 0.6 is 11.3 Å². The smallest absolute Gasteiger partial charge is 0.268 e. The van der Waals surface area contributed by atoms with Gasteiger partial charge in [0.05, 0.1) is 28.6 Å². The van der Waals surface area contributed by atoms with E-state index >= 15 is 0 Å². The Morgan fingerprint density at radius 1 is 1.03 bits per heavy atom. The molecule has 4 aromatic rings. The van der Waals surface area contributed by atoms with Gasteiger partial charge >= 0.3 is 0 Å². The van der Waals surface area contributed by atoms with Crippen molar-refractivity contribution < 1.29 is 18.8 Å². The highest BCUT2D eigenvalue weighted by Gasteiger charge is 2.43. The Morgan fingerprint density at radius 3 is 2.55 bits per heavy atom. The van der Waals surface area contributed by atoms with E-state index in [1.165, 1.54) is 11.3 Å². The van der Waals surface area contributed by atoms with Crippen LogP contribution in [0.1, 0.15) is 54.4 Å². The maximum absolute atomic E-state index is 12.9. The predicted octanol–water partition coefficient (Wildman–Crippen LogP) is 2.68. The van der Waals surface area contributed by atoms with Crippen molar-refractivity contribution in [2.24, 2.45) is 0 Å². The molecule has 11 heteroatoms. The van der Waals surface area contributed by atoms with Crippen molar-refractivity contribution in [1.82, 2.24) is 29.5 Å². The molecule has 0 spiro atoms. The molecular weight excluding hydrogens is 444 g/mol. The van der Waals surface area contributed by atoms with Crippen molar-refractivity contribution >= 4 is 29.1 Å². The Balaban J connectivity index is 1.24. The molecule has 33 heavy (non-hydrogen) atoms. The second-order valence-electron chi connectivity index (χ2n) is 8.03. The van der Waals surface area contributed by atoms with E-state index < -0.39 is 0 Å². The van der Waals surface area contributed by atoms with Crippen LogP contribution in [-0.2, 0) is 6.54 Å². The molecule has 1 aromatic carbocycles. The lowest BCUT2D eigenvalue weighted by molar-refractivity contribution is 0.0465. The molecule has 0 N–H and O–H groups in total. The van der Waals surface area contributed by atoms with Crippen molar-refractivity contribution in [3.63, 3.8) is 0 Å². The number of hydrogen-bond acceptors (Lipinski definition) is 8. The Labute approximate surface area is 190 Å². The summed E-state index contributed by atoms with van der Waals surface area (Å²) in [6, 6.07) is 8.47. The van der Waals surface area contributed by atoms with Crippen molar-refractivity contribution in [2.45, 2.75) is 19.0 Å². The molecular formula is C22H14N6O4S. The number of imide groups is 1. The zero-order valence-corrected chi connectivity index (χ0v) is 17.8. The average Bonchev–Trinajstić information content (AvgIpc) is 3.56. The van der Waals surface area contributed by atoms with Crippen LogP contribution in [0, 0.1) is 0 Å². The molecule has 162 valence electrons. The quantitative estimate of drug-likeness (QED) is 0.434. The minimum atomic E-state index is -0.389. The van der Waals surface area contributed by atoms with Crippen LogP contribution in [0.5, 0.6) is 0 Å². The minimum Gasteiger partial charge on any atom is -0.417 e. The van der Waals surface area contributed by atoms with Gasteiger partial charge in [-0.3, -0.25) is 23.9 Å². The number of thiophene rings is 1. The number of nitrogens with zero attached hydrogens (tertiary/aromatic N) is 6. The van der Waals surface area contributed by atoms with Crippen molar-refractivity contribution in [2.75, 3.05) is 6.54 Å². The van der Waals surface area contributed by atoms with E-state index in [9.17, 15) is 14.4 Å². The molecule has 1 fully saturated rings. The van der Waals surface area contributed by atoms with Gasteiger partial charge in [-0.15, -0.1) is 21.5 Å². The largest absolute Gasteiger partial charge is 0.417 e. The fourth-order valence-corrected chi connectivity index (χ4v) is 5.50. The van der Waals surface area contributed by atoms with E-state index in [1.807, 2.05) is 20.9 Å². The molecule has 10 nitrogen and oxygen atoms in total. The predicted molar refractivity (Wildman–Crippen MR) is 114 cm³/mol. The molecule has 0 unspecified atom stereocenters. The number of fused-ring (bicyclic) bond motifs is 6. The molecule has 6 heterocycles. The number of aromatic nitrogens is 4. The number of rotatable bonds is 3. The van der Waals surface area contributed by atoms with Gasteiger partial charge in [0.2, 0.25) is 5.89 Å². The van der Waals surface area contributed by atoms with Gasteiger partial charge in [-0.05, 0) is 30.0 Å². The third-order valence-corrected chi connectivity index (χ3v) is 7.23. The maximum Gasteiger partial charge on any atom is 0.268 e. The van der Waals surface area contributed by atoms with Crippen molar-refractivity contribution in [1.29, 1.82) is 0 Å².